The Bertz CT molecular complexity index is 1420. The molecule has 1 aliphatic carbocycles. The zero-order valence-electron chi connectivity index (χ0n) is 18.8. The zero-order valence-corrected chi connectivity index (χ0v) is 18.8. The number of nitrogens with zero attached hydrogens (tertiary/aromatic N) is 5. The molecule has 2 aromatic carbocycles. The molecule has 1 unspecified atom stereocenters. The van der Waals surface area contributed by atoms with Crippen molar-refractivity contribution in [3.63, 3.8) is 0 Å². The Morgan fingerprint density at radius 3 is 2.91 bits per heavy atom. The first-order valence-corrected chi connectivity index (χ1v) is 11.3. The number of aryl methyl sites for hydroxylation is 1. The minimum Gasteiger partial charge on any atom is -0.488 e. The van der Waals surface area contributed by atoms with Gasteiger partial charge in [-0.25, -0.2) is 9.37 Å². The molecule has 1 amide bonds. The van der Waals surface area contributed by atoms with E-state index >= 15 is 0 Å². The van der Waals surface area contributed by atoms with E-state index in [-0.39, 0.29) is 11.6 Å². The number of halogens is 1. The molecule has 1 atom stereocenters. The average Bonchev–Trinajstić information content (AvgIpc) is 3.38. The Labute approximate surface area is 195 Å². The standard InChI is InChI=1S/C25H23FN6O2/c1-14-8-19(26)18(9-22(14)31-10-21(27-12-31)16-6-7-16)25(33)29-20-5-3-4-17-23(20)34-11-15(2)32-13-28-30-24(17)32/h3-5,8-10,12-13,15-16H,6-7,11H2,1-2H3,(H,29,33). The second kappa shape index (κ2) is 7.79. The molecule has 2 aliphatic rings. The molecule has 2 aromatic heterocycles. The van der Waals surface area contributed by atoms with Crippen molar-refractivity contribution in [3.8, 4) is 22.8 Å². The van der Waals surface area contributed by atoms with Crippen LogP contribution in [0.15, 0.2) is 49.2 Å². The maximum Gasteiger partial charge on any atom is 0.258 e. The molecule has 1 aliphatic heterocycles. The predicted octanol–water partition coefficient (Wildman–Crippen LogP) is 4.66. The van der Waals surface area contributed by atoms with Gasteiger partial charge in [-0.1, -0.05) is 6.07 Å². The zero-order chi connectivity index (χ0) is 23.4. The number of hydrogen-bond donors (Lipinski definition) is 1. The van der Waals surface area contributed by atoms with Gasteiger partial charge in [-0.15, -0.1) is 10.2 Å². The minimum atomic E-state index is -0.586. The van der Waals surface area contributed by atoms with Crippen LogP contribution in [0.4, 0.5) is 10.1 Å². The molecular formula is C25H23FN6O2. The second-order valence-electron chi connectivity index (χ2n) is 8.96. The van der Waals surface area contributed by atoms with Crippen LogP contribution < -0.4 is 10.1 Å². The summed E-state index contributed by atoms with van der Waals surface area (Å²) in [6, 6.07) is 8.37. The Morgan fingerprint density at radius 2 is 2.09 bits per heavy atom. The lowest BCUT2D eigenvalue weighted by atomic mass is 10.1. The van der Waals surface area contributed by atoms with Gasteiger partial charge in [0.15, 0.2) is 11.6 Å². The van der Waals surface area contributed by atoms with E-state index in [2.05, 4.69) is 20.5 Å². The molecule has 3 heterocycles. The molecule has 34 heavy (non-hydrogen) atoms. The van der Waals surface area contributed by atoms with Crippen molar-refractivity contribution in [1.29, 1.82) is 0 Å². The summed E-state index contributed by atoms with van der Waals surface area (Å²) in [4.78, 5) is 17.7. The lowest BCUT2D eigenvalue weighted by Gasteiger charge is -2.15. The lowest BCUT2D eigenvalue weighted by molar-refractivity contribution is 0.102. The number of aromatic nitrogens is 5. The molecule has 1 saturated carbocycles. The fourth-order valence-electron chi connectivity index (χ4n) is 4.37. The number of imidazole rings is 1. The molecule has 8 nitrogen and oxygen atoms in total. The van der Waals surface area contributed by atoms with E-state index < -0.39 is 11.7 Å². The van der Waals surface area contributed by atoms with Crippen molar-refractivity contribution in [2.24, 2.45) is 0 Å². The number of ether oxygens (including phenoxy) is 1. The SMILES string of the molecule is Cc1cc(F)c(C(=O)Nc2cccc3c2OCC(C)n2cnnc2-3)cc1-n1cnc(C2CC2)c1. The summed E-state index contributed by atoms with van der Waals surface area (Å²) in [6.45, 7) is 4.21. The molecule has 0 radical (unpaired) electrons. The molecule has 6 rings (SSSR count). The van der Waals surface area contributed by atoms with E-state index in [0.717, 1.165) is 35.3 Å². The monoisotopic (exact) mass is 458 g/mol. The first kappa shape index (κ1) is 20.6. The number of nitrogens with one attached hydrogen (secondary N) is 1. The Morgan fingerprint density at radius 1 is 1.24 bits per heavy atom. The van der Waals surface area contributed by atoms with Gasteiger partial charge in [-0.05, 0) is 56.5 Å². The summed E-state index contributed by atoms with van der Waals surface area (Å²) in [7, 11) is 0. The molecule has 172 valence electrons. The van der Waals surface area contributed by atoms with Gasteiger partial charge < -0.3 is 19.2 Å². The van der Waals surface area contributed by atoms with Gasteiger partial charge in [0.25, 0.3) is 5.91 Å². The number of benzene rings is 2. The van der Waals surface area contributed by atoms with Crippen molar-refractivity contribution in [3.05, 3.63) is 71.8 Å². The highest BCUT2D eigenvalue weighted by Crippen LogP contribution is 2.40. The molecule has 1 N–H and O–H groups in total. The molecule has 1 fully saturated rings. The number of anilines is 1. The first-order valence-electron chi connectivity index (χ1n) is 11.3. The summed E-state index contributed by atoms with van der Waals surface area (Å²) >= 11 is 0. The minimum absolute atomic E-state index is 0.0220. The third-order valence-corrected chi connectivity index (χ3v) is 6.43. The van der Waals surface area contributed by atoms with Crippen LogP contribution in [0.5, 0.6) is 5.75 Å². The molecule has 9 heteroatoms. The fourth-order valence-corrected chi connectivity index (χ4v) is 4.37. The fraction of sp³-hybridized carbons (Fsp3) is 0.280. The van der Waals surface area contributed by atoms with Gasteiger partial charge in [-0.2, -0.15) is 0 Å². The number of hydrogen-bond acceptors (Lipinski definition) is 5. The largest absolute Gasteiger partial charge is 0.488 e. The highest BCUT2D eigenvalue weighted by molar-refractivity contribution is 6.06. The van der Waals surface area contributed by atoms with Crippen LogP contribution >= 0.6 is 0 Å². The number of amides is 1. The third kappa shape index (κ3) is 3.44. The Balaban J connectivity index is 1.34. The summed E-state index contributed by atoms with van der Waals surface area (Å²) in [5.41, 5.74) is 3.59. The summed E-state index contributed by atoms with van der Waals surface area (Å²) in [5, 5.41) is 11.1. The topological polar surface area (TPSA) is 86.9 Å². The van der Waals surface area contributed by atoms with Gasteiger partial charge in [-0.3, -0.25) is 4.79 Å². The van der Waals surface area contributed by atoms with Crippen LogP contribution in [0.25, 0.3) is 17.1 Å². The van der Waals surface area contributed by atoms with Gasteiger partial charge in [0.2, 0.25) is 0 Å². The smallest absolute Gasteiger partial charge is 0.258 e. The van der Waals surface area contributed by atoms with E-state index in [4.69, 9.17) is 4.74 Å². The predicted molar refractivity (Wildman–Crippen MR) is 124 cm³/mol. The molecular weight excluding hydrogens is 435 g/mol. The summed E-state index contributed by atoms with van der Waals surface area (Å²) < 4.78 is 24.7. The number of carbonyl (C=O) groups excluding carboxylic acids is 1. The highest BCUT2D eigenvalue weighted by atomic mass is 19.1. The van der Waals surface area contributed by atoms with Crippen LogP contribution in [0.3, 0.4) is 0 Å². The number of fused-ring (bicyclic) bond motifs is 3. The van der Waals surface area contributed by atoms with E-state index in [1.807, 2.05) is 35.2 Å². The number of rotatable bonds is 4. The van der Waals surface area contributed by atoms with E-state index in [9.17, 15) is 9.18 Å². The normalized spacial score (nSPS) is 16.9. The van der Waals surface area contributed by atoms with Crippen LogP contribution in [-0.4, -0.2) is 36.8 Å². The van der Waals surface area contributed by atoms with Gasteiger partial charge >= 0.3 is 0 Å². The van der Waals surface area contributed by atoms with Gasteiger partial charge in [0.1, 0.15) is 18.8 Å². The van der Waals surface area contributed by atoms with Crippen molar-refractivity contribution < 1.29 is 13.9 Å². The first-order chi connectivity index (χ1) is 16.5. The quantitative estimate of drug-likeness (QED) is 0.481. The van der Waals surface area contributed by atoms with Crippen LogP contribution in [0.2, 0.25) is 0 Å². The molecule has 4 aromatic rings. The van der Waals surface area contributed by atoms with Crippen molar-refractivity contribution in [2.75, 3.05) is 11.9 Å². The lowest BCUT2D eigenvalue weighted by Crippen LogP contribution is -2.16. The van der Waals surface area contributed by atoms with Crippen molar-refractivity contribution >= 4 is 11.6 Å². The van der Waals surface area contributed by atoms with E-state index in [0.29, 0.717) is 29.8 Å². The summed E-state index contributed by atoms with van der Waals surface area (Å²) in [5.74, 6) is 0.513. The maximum atomic E-state index is 14.9. The molecule has 0 spiro atoms. The van der Waals surface area contributed by atoms with E-state index in [1.165, 1.54) is 6.07 Å². The number of para-hydroxylation sites is 1. The molecule has 0 saturated heterocycles. The van der Waals surface area contributed by atoms with E-state index in [1.54, 1.807) is 30.9 Å². The second-order valence-corrected chi connectivity index (χ2v) is 8.96. The highest BCUT2D eigenvalue weighted by Gasteiger charge is 2.27. The average molecular weight is 458 g/mol. The van der Waals surface area contributed by atoms with Crippen LogP contribution in [-0.2, 0) is 0 Å². The summed E-state index contributed by atoms with van der Waals surface area (Å²) in [6.07, 6.45) is 7.63. The van der Waals surface area contributed by atoms with Gasteiger partial charge in [0, 0.05) is 12.1 Å². The van der Waals surface area contributed by atoms with Crippen molar-refractivity contribution in [1.82, 2.24) is 24.3 Å². The Hall–Kier alpha value is -4.01. The molecule has 0 bridgehead atoms. The van der Waals surface area contributed by atoms with Crippen LogP contribution in [0, 0.1) is 12.7 Å². The van der Waals surface area contributed by atoms with Gasteiger partial charge in [0.05, 0.1) is 40.6 Å². The Kier molecular flexibility index (Phi) is 4.72. The van der Waals surface area contributed by atoms with Crippen LogP contribution in [0.1, 0.15) is 53.3 Å². The van der Waals surface area contributed by atoms with Crippen molar-refractivity contribution in [2.45, 2.75) is 38.6 Å². The number of carbonyl (C=O) groups is 1. The maximum absolute atomic E-state index is 14.9. The third-order valence-electron chi connectivity index (χ3n) is 6.43.